The van der Waals surface area contributed by atoms with Crippen LogP contribution in [0.15, 0.2) is 24.3 Å². The van der Waals surface area contributed by atoms with E-state index in [1.807, 2.05) is 24.3 Å². The van der Waals surface area contributed by atoms with Crippen molar-refractivity contribution in [2.45, 2.75) is 38.0 Å². The van der Waals surface area contributed by atoms with E-state index in [1.54, 1.807) is 0 Å². The van der Waals surface area contributed by atoms with Crippen molar-refractivity contribution in [1.29, 1.82) is 5.26 Å². The second-order valence-corrected chi connectivity index (χ2v) is 5.32. The molecule has 2 rings (SSSR count). The summed E-state index contributed by atoms with van der Waals surface area (Å²) in [5, 5.41) is 10.2. The maximum absolute atomic E-state index is 9.47. The standard InChI is InChI=1S/C14H16ClN/c1-11-6-8-14(10-16,9-7-11)12-2-4-13(15)5-3-12/h2-5,11H,6-9H2,1H3. The van der Waals surface area contributed by atoms with Gasteiger partial charge in [0.1, 0.15) is 0 Å². The Hall–Kier alpha value is -1.00. The first kappa shape index (κ1) is 11.5. The van der Waals surface area contributed by atoms with Crippen LogP contribution in [0, 0.1) is 17.2 Å². The molecule has 0 heterocycles. The van der Waals surface area contributed by atoms with E-state index in [0.29, 0.717) is 0 Å². The predicted molar refractivity (Wildman–Crippen MR) is 66.4 cm³/mol. The van der Waals surface area contributed by atoms with Gasteiger partial charge in [0.25, 0.3) is 0 Å². The Morgan fingerprint density at radius 1 is 1.25 bits per heavy atom. The van der Waals surface area contributed by atoms with Crippen LogP contribution in [0.4, 0.5) is 0 Å². The molecule has 84 valence electrons. The van der Waals surface area contributed by atoms with Crippen LogP contribution in [-0.4, -0.2) is 0 Å². The Kier molecular flexibility index (Phi) is 3.21. The fourth-order valence-corrected chi connectivity index (χ4v) is 2.61. The molecule has 0 radical (unpaired) electrons. The first-order valence-corrected chi connectivity index (χ1v) is 6.21. The van der Waals surface area contributed by atoms with E-state index in [-0.39, 0.29) is 5.41 Å². The van der Waals surface area contributed by atoms with E-state index >= 15 is 0 Å². The van der Waals surface area contributed by atoms with E-state index in [0.717, 1.165) is 42.2 Å². The average molecular weight is 234 g/mol. The summed E-state index contributed by atoms with van der Waals surface area (Å²) in [5.41, 5.74) is 0.864. The average Bonchev–Trinajstić information content (AvgIpc) is 2.32. The quantitative estimate of drug-likeness (QED) is 0.709. The number of halogens is 1. The molecule has 1 aliphatic rings. The highest BCUT2D eigenvalue weighted by Crippen LogP contribution is 2.41. The summed E-state index contributed by atoms with van der Waals surface area (Å²) in [5.74, 6) is 0.758. The fraction of sp³-hybridized carbons (Fsp3) is 0.500. The molecule has 1 fully saturated rings. The highest BCUT2D eigenvalue weighted by molar-refractivity contribution is 6.30. The summed E-state index contributed by atoms with van der Waals surface area (Å²) < 4.78 is 0. The molecular weight excluding hydrogens is 218 g/mol. The zero-order valence-corrected chi connectivity index (χ0v) is 10.3. The van der Waals surface area contributed by atoms with Crippen LogP contribution in [0.25, 0.3) is 0 Å². The van der Waals surface area contributed by atoms with Crippen molar-refractivity contribution in [2.24, 2.45) is 5.92 Å². The Balaban J connectivity index is 2.29. The topological polar surface area (TPSA) is 23.8 Å². The zero-order chi connectivity index (χ0) is 11.6. The maximum atomic E-state index is 9.47. The summed E-state index contributed by atoms with van der Waals surface area (Å²) in [7, 11) is 0. The molecule has 2 heteroatoms. The van der Waals surface area contributed by atoms with E-state index in [1.165, 1.54) is 0 Å². The molecule has 1 aromatic carbocycles. The molecule has 1 aromatic rings. The van der Waals surface area contributed by atoms with Crippen LogP contribution >= 0.6 is 11.6 Å². The van der Waals surface area contributed by atoms with Crippen molar-refractivity contribution < 1.29 is 0 Å². The van der Waals surface area contributed by atoms with Crippen LogP contribution < -0.4 is 0 Å². The molecule has 0 aliphatic heterocycles. The van der Waals surface area contributed by atoms with Crippen molar-refractivity contribution in [1.82, 2.24) is 0 Å². The molecule has 16 heavy (non-hydrogen) atoms. The summed E-state index contributed by atoms with van der Waals surface area (Å²) >= 11 is 5.88. The molecule has 0 aromatic heterocycles. The van der Waals surface area contributed by atoms with Crippen LogP contribution in [-0.2, 0) is 5.41 Å². The molecule has 0 bridgehead atoms. The Morgan fingerprint density at radius 3 is 2.31 bits per heavy atom. The fourth-order valence-electron chi connectivity index (χ4n) is 2.49. The predicted octanol–water partition coefficient (Wildman–Crippen LogP) is 4.31. The van der Waals surface area contributed by atoms with Gasteiger partial charge in [0.15, 0.2) is 0 Å². The molecular formula is C14H16ClN. The summed E-state index contributed by atoms with van der Waals surface area (Å²) in [6.07, 6.45) is 4.25. The Labute approximate surface area is 102 Å². The highest BCUT2D eigenvalue weighted by Gasteiger charge is 2.35. The minimum Gasteiger partial charge on any atom is -0.197 e. The molecule has 0 unspecified atom stereocenters. The van der Waals surface area contributed by atoms with Gasteiger partial charge >= 0.3 is 0 Å². The summed E-state index contributed by atoms with van der Waals surface area (Å²) in [4.78, 5) is 0. The molecule has 0 N–H and O–H groups in total. The maximum Gasteiger partial charge on any atom is 0.0822 e. The van der Waals surface area contributed by atoms with E-state index < -0.39 is 0 Å². The number of rotatable bonds is 1. The molecule has 0 saturated heterocycles. The molecule has 1 aliphatic carbocycles. The zero-order valence-electron chi connectivity index (χ0n) is 9.54. The lowest BCUT2D eigenvalue weighted by Crippen LogP contribution is -2.29. The summed E-state index contributed by atoms with van der Waals surface area (Å²) in [6, 6.07) is 10.3. The number of nitrogens with zero attached hydrogens (tertiary/aromatic N) is 1. The normalized spacial score (nSPS) is 29.7. The third-order valence-corrected chi connectivity index (χ3v) is 3.99. The lowest BCUT2D eigenvalue weighted by molar-refractivity contribution is 0.294. The SMILES string of the molecule is CC1CCC(C#N)(c2ccc(Cl)cc2)CC1. The molecule has 1 nitrogen and oxygen atoms in total. The third kappa shape index (κ3) is 2.08. The minimum atomic E-state index is -0.267. The summed E-state index contributed by atoms with van der Waals surface area (Å²) in [6.45, 7) is 2.27. The number of benzene rings is 1. The monoisotopic (exact) mass is 233 g/mol. The van der Waals surface area contributed by atoms with Gasteiger partial charge in [-0.15, -0.1) is 0 Å². The van der Waals surface area contributed by atoms with Gasteiger partial charge in [-0.3, -0.25) is 0 Å². The third-order valence-electron chi connectivity index (χ3n) is 3.74. The molecule has 1 saturated carbocycles. The van der Waals surface area contributed by atoms with Gasteiger partial charge in [0.05, 0.1) is 11.5 Å². The van der Waals surface area contributed by atoms with Crippen molar-refractivity contribution in [3.63, 3.8) is 0 Å². The molecule has 0 amide bonds. The number of nitriles is 1. The van der Waals surface area contributed by atoms with Crippen molar-refractivity contribution >= 4 is 11.6 Å². The van der Waals surface area contributed by atoms with E-state index in [4.69, 9.17) is 11.6 Å². The van der Waals surface area contributed by atoms with E-state index in [9.17, 15) is 5.26 Å². The molecule has 0 spiro atoms. The van der Waals surface area contributed by atoms with Gasteiger partial charge in [-0.2, -0.15) is 5.26 Å². The van der Waals surface area contributed by atoms with Crippen molar-refractivity contribution in [2.75, 3.05) is 0 Å². The van der Waals surface area contributed by atoms with Gasteiger partial charge < -0.3 is 0 Å². The lowest BCUT2D eigenvalue weighted by Gasteiger charge is -2.34. The number of hydrogen-bond donors (Lipinski definition) is 0. The van der Waals surface area contributed by atoms with Crippen LogP contribution in [0.5, 0.6) is 0 Å². The van der Waals surface area contributed by atoms with Crippen molar-refractivity contribution in [3.8, 4) is 6.07 Å². The molecule has 0 atom stereocenters. The van der Waals surface area contributed by atoms with Crippen LogP contribution in [0.1, 0.15) is 38.2 Å². The van der Waals surface area contributed by atoms with Gasteiger partial charge in [-0.1, -0.05) is 30.7 Å². The first-order valence-electron chi connectivity index (χ1n) is 5.83. The van der Waals surface area contributed by atoms with Gasteiger partial charge in [-0.25, -0.2) is 0 Å². The Bertz CT molecular complexity index is 394. The largest absolute Gasteiger partial charge is 0.197 e. The second kappa shape index (κ2) is 4.47. The second-order valence-electron chi connectivity index (χ2n) is 4.88. The van der Waals surface area contributed by atoms with Crippen LogP contribution in [0.3, 0.4) is 0 Å². The number of hydrogen-bond acceptors (Lipinski definition) is 1. The lowest BCUT2D eigenvalue weighted by atomic mass is 9.68. The Morgan fingerprint density at radius 2 is 1.81 bits per heavy atom. The minimum absolute atomic E-state index is 0.267. The van der Waals surface area contributed by atoms with E-state index in [2.05, 4.69) is 13.0 Å². The highest BCUT2D eigenvalue weighted by atomic mass is 35.5. The van der Waals surface area contributed by atoms with Crippen LogP contribution in [0.2, 0.25) is 5.02 Å². The van der Waals surface area contributed by atoms with Crippen molar-refractivity contribution in [3.05, 3.63) is 34.9 Å². The smallest absolute Gasteiger partial charge is 0.0822 e. The van der Waals surface area contributed by atoms with Gasteiger partial charge in [0, 0.05) is 5.02 Å². The van der Waals surface area contributed by atoms with Gasteiger partial charge in [-0.05, 0) is 49.3 Å². The van der Waals surface area contributed by atoms with Gasteiger partial charge in [0.2, 0.25) is 0 Å². The first-order chi connectivity index (χ1) is 7.66.